The lowest BCUT2D eigenvalue weighted by Crippen LogP contribution is -2.54. The molecule has 2 aliphatic heterocycles. The molecule has 2 atom stereocenters. The lowest BCUT2D eigenvalue weighted by Gasteiger charge is -2.36. The highest BCUT2D eigenvalue weighted by atomic mass is 32.2. The Labute approximate surface area is 174 Å². The first kappa shape index (κ1) is 21.4. The van der Waals surface area contributed by atoms with Crippen molar-refractivity contribution in [3.05, 3.63) is 35.4 Å². The molecule has 3 rings (SSSR count). The monoisotopic (exact) mass is 418 g/mol. The third-order valence-electron chi connectivity index (χ3n) is 5.37. The zero-order valence-electron chi connectivity index (χ0n) is 16.8. The Morgan fingerprint density at radius 2 is 1.86 bits per heavy atom. The van der Waals surface area contributed by atoms with E-state index in [1.54, 1.807) is 47.9 Å². The van der Waals surface area contributed by atoms with E-state index in [1.807, 2.05) is 6.26 Å². The summed E-state index contributed by atoms with van der Waals surface area (Å²) in [5.74, 6) is -1.16. The number of esters is 1. The molecule has 0 N–H and O–H groups in total. The zero-order chi connectivity index (χ0) is 21.0. The van der Waals surface area contributed by atoms with E-state index >= 15 is 0 Å². The molecule has 2 heterocycles. The van der Waals surface area contributed by atoms with Gasteiger partial charge in [0, 0.05) is 13.1 Å². The molecule has 1 fully saturated rings. The van der Waals surface area contributed by atoms with Crippen LogP contribution in [0.2, 0.25) is 0 Å². The molecular formula is C21H26N2O5S. The predicted octanol–water partition coefficient (Wildman–Crippen LogP) is 2.21. The van der Waals surface area contributed by atoms with Crippen LogP contribution in [0, 0.1) is 5.92 Å². The number of ether oxygens (including phenoxy) is 1. The second-order valence-corrected chi connectivity index (χ2v) is 8.18. The van der Waals surface area contributed by atoms with E-state index in [9.17, 15) is 19.2 Å². The van der Waals surface area contributed by atoms with E-state index in [0.29, 0.717) is 49.3 Å². The number of nitrogens with zero attached hydrogens (tertiary/aromatic N) is 2. The zero-order valence-corrected chi connectivity index (χ0v) is 17.6. The van der Waals surface area contributed by atoms with Crippen molar-refractivity contribution in [2.45, 2.75) is 32.2 Å². The minimum atomic E-state index is -0.865. The number of hydrogen-bond donors (Lipinski definition) is 0. The number of amides is 3. The summed E-state index contributed by atoms with van der Waals surface area (Å²) in [4.78, 5) is 54.1. The molecule has 0 aromatic heterocycles. The number of carbonyl (C=O) groups excluding carboxylic acids is 4. The number of likely N-dealkylation sites (tertiary alicyclic amines) is 1. The SMILES string of the molecule is CCOC(=O)C1CCCN(C(=O)C(CCSC)N2C(=O)c3ccccc3C2=O)C1. The lowest BCUT2D eigenvalue weighted by atomic mass is 9.97. The number of fused-ring (bicyclic) bond motifs is 1. The maximum Gasteiger partial charge on any atom is 0.310 e. The molecule has 2 aliphatic rings. The van der Waals surface area contributed by atoms with Crippen LogP contribution in [0.15, 0.2) is 24.3 Å². The van der Waals surface area contributed by atoms with Gasteiger partial charge in [0.25, 0.3) is 11.8 Å². The van der Waals surface area contributed by atoms with Gasteiger partial charge in [0.1, 0.15) is 6.04 Å². The van der Waals surface area contributed by atoms with Crippen molar-refractivity contribution in [3.63, 3.8) is 0 Å². The fourth-order valence-electron chi connectivity index (χ4n) is 3.92. The average molecular weight is 419 g/mol. The Balaban J connectivity index is 1.82. The van der Waals surface area contributed by atoms with E-state index in [4.69, 9.17) is 4.74 Å². The summed E-state index contributed by atoms with van der Waals surface area (Å²) in [6.45, 7) is 2.82. The van der Waals surface area contributed by atoms with Crippen LogP contribution < -0.4 is 0 Å². The highest BCUT2D eigenvalue weighted by molar-refractivity contribution is 7.98. The molecule has 1 aromatic rings. The number of imide groups is 1. The van der Waals surface area contributed by atoms with Gasteiger partial charge in [-0.3, -0.25) is 24.1 Å². The average Bonchev–Trinajstić information content (AvgIpc) is 2.99. The predicted molar refractivity (Wildman–Crippen MR) is 110 cm³/mol. The normalized spacial score (nSPS) is 19.9. The second kappa shape index (κ2) is 9.43. The third-order valence-corrected chi connectivity index (χ3v) is 6.01. The minimum Gasteiger partial charge on any atom is -0.466 e. The Bertz CT molecular complexity index is 777. The molecule has 2 unspecified atom stereocenters. The first-order valence-electron chi connectivity index (χ1n) is 9.90. The molecule has 8 heteroatoms. The van der Waals surface area contributed by atoms with Crippen LogP contribution >= 0.6 is 11.8 Å². The van der Waals surface area contributed by atoms with E-state index in [2.05, 4.69) is 0 Å². The van der Waals surface area contributed by atoms with Gasteiger partial charge in [0.05, 0.1) is 23.7 Å². The third kappa shape index (κ3) is 4.32. The standard InChI is InChI=1S/C21H26N2O5S/c1-3-28-21(27)14-7-6-11-22(13-14)20(26)17(10-12-29-2)23-18(24)15-8-4-5-9-16(15)19(23)25/h4-5,8-9,14,17H,3,6-7,10-13H2,1-2H3. The quantitative estimate of drug-likeness (QED) is 0.499. The Morgan fingerprint density at radius 1 is 1.21 bits per heavy atom. The maximum atomic E-state index is 13.4. The van der Waals surface area contributed by atoms with Gasteiger partial charge in [-0.15, -0.1) is 0 Å². The smallest absolute Gasteiger partial charge is 0.310 e. The molecule has 0 spiro atoms. The fraction of sp³-hybridized carbons (Fsp3) is 0.524. The second-order valence-electron chi connectivity index (χ2n) is 7.20. The molecule has 3 amide bonds. The van der Waals surface area contributed by atoms with Gasteiger partial charge in [-0.25, -0.2) is 0 Å². The molecule has 0 radical (unpaired) electrons. The summed E-state index contributed by atoms with van der Waals surface area (Å²) < 4.78 is 5.11. The first-order valence-corrected chi connectivity index (χ1v) is 11.3. The van der Waals surface area contributed by atoms with E-state index in [1.165, 1.54) is 0 Å². The number of benzene rings is 1. The number of carbonyl (C=O) groups is 4. The molecule has 1 aromatic carbocycles. The van der Waals surface area contributed by atoms with Crippen molar-refractivity contribution >= 4 is 35.5 Å². The van der Waals surface area contributed by atoms with Gasteiger partial charge in [-0.2, -0.15) is 11.8 Å². The molecule has 29 heavy (non-hydrogen) atoms. The fourth-order valence-corrected chi connectivity index (χ4v) is 4.38. The number of thioether (sulfide) groups is 1. The van der Waals surface area contributed by atoms with Crippen molar-refractivity contribution in [1.29, 1.82) is 0 Å². The van der Waals surface area contributed by atoms with Crippen molar-refractivity contribution in [1.82, 2.24) is 9.80 Å². The Morgan fingerprint density at radius 3 is 2.45 bits per heavy atom. The molecule has 156 valence electrons. The summed E-state index contributed by atoms with van der Waals surface area (Å²) in [6, 6.07) is 5.78. The first-order chi connectivity index (χ1) is 14.0. The summed E-state index contributed by atoms with van der Waals surface area (Å²) in [5, 5.41) is 0. The van der Waals surface area contributed by atoms with E-state index in [-0.39, 0.29) is 24.3 Å². The number of hydrogen-bond acceptors (Lipinski definition) is 6. The maximum absolute atomic E-state index is 13.4. The number of piperidine rings is 1. The van der Waals surface area contributed by atoms with Gasteiger partial charge in [-0.05, 0) is 50.3 Å². The summed E-state index contributed by atoms with van der Waals surface area (Å²) >= 11 is 1.56. The molecule has 7 nitrogen and oxygen atoms in total. The van der Waals surface area contributed by atoms with Gasteiger partial charge in [0.2, 0.25) is 5.91 Å². The summed E-state index contributed by atoms with van der Waals surface area (Å²) in [7, 11) is 0. The van der Waals surface area contributed by atoms with Crippen LogP contribution in [-0.4, -0.2) is 71.2 Å². The summed E-state index contributed by atoms with van der Waals surface area (Å²) in [5.41, 5.74) is 0.671. The van der Waals surface area contributed by atoms with Gasteiger partial charge in [-0.1, -0.05) is 12.1 Å². The van der Waals surface area contributed by atoms with Crippen molar-refractivity contribution < 1.29 is 23.9 Å². The largest absolute Gasteiger partial charge is 0.466 e. The van der Waals surface area contributed by atoms with Gasteiger partial charge in [0.15, 0.2) is 0 Å². The van der Waals surface area contributed by atoms with E-state index < -0.39 is 17.9 Å². The molecule has 0 aliphatic carbocycles. The molecule has 0 bridgehead atoms. The highest BCUT2D eigenvalue weighted by Crippen LogP contribution is 2.28. The van der Waals surface area contributed by atoms with Crippen LogP contribution in [0.5, 0.6) is 0 Å². The van der Waals surface area contributed by atoms with Crippen LogP contribution in [0.4, 0.5) is 0 Å². The number of rotatable bonds is 7. The topological polar surface area (TPSA) is 84.0 Å². The Kier molecular flexibility index (Phi) is 6.95. The molecule has 1 saturated heterocycles. The Hall–Kier alpha value is -2.35. The van der Waals surface area contributed by atoms with Crippen molar-refractivity contribution in [3.8, 4) is 0 Å². The van der Waals surface area contributed by atoms with Crippen LogP contribution in [0.1, 0.15) is 46.9 Å². The van der Waals surface area contributed by atoms with Crippen LogP contribution in [-0.2, 0) is 14.3 Å². The van der Waals surface area contributed by atoms with Crippen LogP contribution in [0.3, 0.4) is 0 Å². The van der Waals surface area contributed by atoms with E-state index in [0.717, 1.165) is 4.90 Å². The minimum absolute atomic E-state index is 0.261. The van der Waals surface area contributed by atoms with Crippen molar-refractivity contribution in [2.75, 3.05) is 31.7 Å². The highest BCUT2D eigenvalue weighted by Gasteiger charge is 2.44. The summed E-state index contributed by atoms with van der Waals surface area (Å²) in [6.07, 6.45) is 3.66. The van der Waals surface area contributed by atoms with Crippen molar-refractivity contribution in [2.24, 2.45) is 5.92 Å². The molecular weight excluding hydrogens is 392 g/mol. The van der Waals surface area contributed by atoms with Crippen LogP contribution in [0.25, 0.3) is 0 Å². The lowest BCUT2D eigenvalue weighted by molar-refractivity contribution is -0.152. The van der Waals surface area contributed by atoms with Gasteiger partial charge >= 0.3 is 5.97 Å². The van der Waals surface area contributed by atoms with Gasteiger partial charge < -0.3 is 9.64 Å². The molecule has 0 saturated carbocycles.